The normalized spacial score (nSPS) is 53.8. The molecule has 0 aromatic carbocycles. The zero-order valence-corrected chi connectivity index (χ0v) is 15.2. The van der Waals surface area contributed by atoms with Gasteiger partial charge in [-0.15, -0.1) is 0 Å². The van der Waals surface area contributed by atoms with Crippen LogP contribution in [0.25, 0.3) is 0 Å². The number of nitrogens with two attached hydrogens (primary N) is 1. The number of fused-ring (bicyclic) bond motifs is 5. The van der Waals surface area contributed by atoms with Crippen molar-refractivity contribution in [1.82, 2.24) is 0 Å². The molecular weight excluding hydrogens is 282 g/mol. The fourth-order valence-electron chi connectivity index (χ4n) is 7.55. The van der Waals surface area contributed by atoms with Gasteiger partial charge < -0.3 is 10.8 Å². The molecule has 2 heteroatoms. The van der Waals surface area contributed by atoms with E-state index in [9.17, 15) is 5.11 Å². The first-order chi connectivity index (χ1) is 10.9. The third kappa shape index (κ3) is 2.20. The summed E-state index contributed by atoms with van der Waals surface area (Å²) in [5.74, 6) is 3.31. The van der Waals surface area contributed by atoms with Crippen molar-refractivity contribution < 1.29 is 5.11 Å². The Hall–Kier alpha value is -0.340. The molecule has 0 aliphatic heterocycles. The molecule has 3 saturated carbocycles. The summed E-state index contributed by atoms with van der Waals surface area (Å²) < 4.78 is 0. The molecule has 8 atom stereocenters. The molecule has 3 N–H and O–H groups in total. The Labute approximate surface area is 141 Å². The van der Waals surface area contributed by atoms with Crippen molar-refractivity contribution in [1.29, 1.82) is 0 Å². The second kappa shape index (κ2) is 5.33. The molecule has 0 bridgehead atoms. The predicted molar refractivity (Wildman–Crippen MR) is 94.8 cm³/mol. The van der Waals surface area contributed by atoms with E-state index in [0.29, 0.717) is 16.9 Å². The lowest BCUT2D eigenvalue weighted by Gasteiger charge is -2.58. The third-order valence-corrected chi connectivity index (χ3v) is 8.79. The summed E-state index contributed by atoms with van der Waals surface area (Å²) in [5, 5.41) is 10.1. The Morgan fingerprint density at radius 1 is 1.13 bits per heavy atom. The van der Waals surface area contributed by atoms with Gasteiger partial charge in [-0.1, -0.05) is 25.5 Å². The minimum atomic E-state index is -0.0892. The molecule has 3 fully saturated rings. The summed E-state index contributed by atoms with van der Waals surface area (Å²) in [6.07, 6.45) is 12.3. The van der Waals surface area contributed by atoms with E-state index < -0.39 is 0 Å². The number of rotatable bonds is 1. The quantitative estimate of drug-likeness (QED) is 0.709. The van der Waals surface area contributed by atoms with E-state index in [1.165, 1.54) is 38.5 Å². The minimum absolute atomic E-state index is 0.0892. The first-order valence-corrected chi connectivity index (χ1v) is 9.99. The van der Waals surface area contributed by atoms with Crippen molar-refractivity contribution in [2.75, 3.05) is 0 Å². The van der Waals surface area contributed by atoms with E-state index in [4.69, 9.17) is 5.73 Å². The van der Waals surface area contributed by atoms with Gasteiger partial charge in [0, 0.05) is 6.04 Å². The monoisotopic (exact) mass is 317 g/mol. The van der Waals surface area contributed by atoms with Crippen molar-refractivity contribution in [3.8, 4) is 0 Å². The second-order valence-electron chi connectivity index (χ2n) is 9.74. The van der Waals surface area contributed by atoms with E-state index in [1.807, 2.05) is 0 Å². The smallest absolute Gasteiger partial charge is 0.0577 e. The van der Waals surface area contributed by atoms with Crippen molar-refractivity contribution >= 4 is 0 Å². The molecule has 0 unspecified atom stereocenters. The van der Waals surface area contributed by atoms with Crippen LogP contribution in [-0.4, -0.2) is 17.3 Å². The van der Waals surface area contributed by atoms with Crippen LogP contribution in [0, 0.1) is 34.5 Å². The number of aliphatic hydroxyl groups excluding tert-OH is 1. The number of aliphatic hydroxyl groups is 1. The van der Waals surface area contributed by atoms with Gasteiger partial charge in [-0.25, -0.2) is 0 Å². The Kier molecular flexibility index (Phi) is 3.74. The summed E-state index contributed by atoms with van der Waals surface area (Å²) in [4.78, 5) is 0. The summed E-state index contributed by atoms with van der Waals surface area (Å²) in [7, 11) is 0. The van der Waals surface area contributed by atoms with Crippen LogP contribution in [0.3, 0.4) is 0 Å². The summed E-state index contributed by atoms with van der Waals surface area (Å²) in [5.41, 5.74) is 8.80. The van der Waals surface area contributed by atoms with Crippen LogP contribution in [0.5, 0.6) is 0 Å². The van der Waals surface area contributed by atoms with E-state index in [-0.39, 0.29) is 6.10 Å². The zero-order valence-electron chi connectivity index (χ0n) is 15.2. The Balaban J connectivity index is 1.65. The summed E-state index contributed by atoms with van der Waals surface area (Å²) in [6, 6.07) is 0.344. The minimum Gasteiger partial charge on any atom is -0.393 e. The molecule has 0 spiro atoms. The van der Waals surface area contributed by atoms with Crippen molar-refractivity contribution in [2.45, 2.75) is 84.3 Å². The fraction of sp³-hybridized carbons (Fsp3) is 0.905. The Morgan fingerprint density at radius 3 is 2.65 bits per heavy atom. The predicted octanol–water partition coefficient (Wildman–Crippen LogP) is 4.27. The number of allylic oxidation sites excluding steroid dienone is 1. The molecule has 0 radical (unpaired) electrons. The molecule has 23 heavy (non-hydrogen) atoms. The van der Waals surface area contributed by atoms with Crippen molar-refractivity contribution in [3.63, 3.8) is 0 Å². The number of hydrogen-bond acceptors (Lipinski definition) is 2. The van der Waals surface area contributed by atoms with Gasteiger partial charge in [0.15, 0.2) is 0 Å². The summed E-state index contributed by atoms with van der Waals surface area (Å²) in [6.45, 7) is 7.30. The lowest BCUT2D eigenvalue weighted by molar-refractivity contribution is -0.0520. The highest BCUT2D eigenvalue weighted by Gasteiger charge is 2.58. The van der Waals surface area contributed by atoms with Gasteiger partial charge in [0.25, 0.3) is 0 Å². The Morgan fingerprint density at radius 2 is 1.91 bits per heavy atom. The fourth-order valence-corrected chi connectivity index (χ4v) is 7.55. The van der Waals surface area contributed by atoms with Crippen LogP contribution in [0.4, 0.5) is 0 Å². The molecule has 4 rings (SSSR count). The van der Waals surface area contributed by atoms with Crippen molar-refractivity contribution in [3.05, 3.63) is 11.6 Å². The highest BCUT2D eigenvalue weighted by atomic mass is 16.3. The van der Waals surface area contributed by atoms with E-state index in [2.05, 4.69) is 26.8 Å². The molecule has 0 amide bonds. The third-order valence-electron chi connectivity index (χ3n) is 8.79. The molecule has 4 aliphatic carbocycles. The molecule has 130 valence electrons. The maximum absolute atomic E-state index is 10.1. The van der Waals surface area contributed by atoms with Gasteiger partial charge in [-0.05, 0) is 92.8 Å². The van der Waals surface area contributed by atoms with E-state index in [1.54, 1.807) is 5.57 Å². The largest absolute Gasteiger partial charge is 0.393 e. The average Bonchev–Trinajstić information content (AvgIpc) is 2.85. The van der Waals surface area contributed by atoms with E-state index >= 15 is 0 Å². The second-order valence-corrected chi connectivity index (χ2v) is 9.74. The van der Waals surface area contributed by atoms with Gasteiger partial charge in [-0.2, -0.15) is 0 Å². The molecule has 0 aromatic heterocycles. The molecule has 0 heterocycles. The summed E-state index contributed by atoms with van der Waals surface area (Å²) >= 11 is 0. The first kappa shape index (κ1) is 16.1. The maximum Gasteiger partial charge on any atom is 0.0577 e. The van der Waals surface area contributed by atoms with Crippen LogP contribution < -0.4 is 5.73 Å². The van der Waals surface area contributed by atoms with Gasteiger partial charge in [0.1, 0.15) is 0 Å². The van der Waals surface area contributed by atoms with Crippen LogP contribution in [0.1, 0.15) is 72.1 Å². The van der Waals surface area contributed by atoms with Crippen LogP contribution in [-0.2, 0) is 0 Å². The molecule has 2 nitrogen and oxygen atoms in total. The van der Waals surface area contributed by atoms with Gasteiger partial charge in [-0.3, -0.25) is 0 Å². The standard InChI is InChI=1S/C21H35NO/c1-13(22)17-6-7-18-16-5-4-14-12-15(23)8-10-20(14,2)19(16)9-11-21(17,18)3/h4,13,15-19,23H,5-12,22H2,1-3H3/t13-,15+,16-,17+,18+,19-,20+,21-/m1/s1. The zero-order chi connectivity index (χ0) is 16.4. The highest BCUT2D eigenvalue weighted by Crippen LogP contribution is 2.66. The molecule has 0 saturated heterocycles. The van der Waals surface area contributed by atoms with Crippen LogP contribution >= 0.6 is 0 Å². The SMILES string of the molecule is C[C@@H](N)[C@@H]1CC[C@H]2[C@H]3CC=C4C[C@@H](O)CC[C@]4(C)[C@@H]3CC[C@@]21C. The lowest BCUT2D eigenvalue weighted by Crippen LogP contribution is -2.51. The highest BCUT2D eigenvalue weighted by molar-refractivity contribution is 5.25. The molecule has 0 aromatic rings. The van der Waals surface area contributed by atoms with Gasteiger partial charge in [0.05, 0.1) is 6.10 Å². The molecular formula is C21H35NO. The van der Waals surface area contributed by atoms with Gasteiger partial charge >= 0.3 is 0 Å². The topological polar surface area (TPSA) is 46.2 Å². The molecule has 4 aliphatic rings. The maximum atomic E-state index is 10.1. The average molecular weight is 318 g/mol. The first-order valence-electron chi connectivity index (χ1n) is 9.99. The van der Waals surface area contributed by atoms with Crippen molar-refractivity contribution in [2.24, 2.45) is 40.2 Å². The van der Waals surface area contributed by atoms with Crippen LogP contribution in [0.15, 0.2) is 11.6 Å². The number of hydrogen-bond donors (Lipinski definition) is 2. The van der Waals surface area contributed by atoms with Crippen LogP contribution in [0.2, 0.25) is 0 Å². The lowest BCUT2D eigenvalue weighted by atomic mass is 9.47. The Bertz CT molecular complexity index is 512. The van der Waals surface area contributed by atoms with E-state index in [0.717, 1.165) is 36.5 Å². The van der Waals surface area contributed by atoms with Gasteiger partial charge in [0.2, 0.25) is 0 Å².